The highest BCUT2D eigenvalue weighted by atomic mass is 16.5. The average molecular weight is 257 g/mol. The number of hydrogen-bond acceptors (Lipinski definition) is 4. The van der Waals surface area contributed by atoms with Crippen molar-refractivity contribution in [3.8, 4) is 17.1 Å². The van der Waals surface area contributed by atoms with Crippen LogP contribution in [0.4, 0.5) is 0 Å². The third-order valence-electron chi connectivity index (χ3n) is 3.04. The molecular formula is C15H19N3O. The zero-order valence-corrected chi connectivity index (χ0v) is 11.3. The van der Waals surface area contributed by atoms with E-state index in [1.54, 1.807) is 13.3 Å². The van der Waals surface area contributed by atoms with Gasteiger partial charge < -0.3 is 10.5 Å². The minimum atomic E-state index is 0.146. The topological polar surface area (TPSA) is 61.0 Å². The highest BCUT2D eigenvalue weighted by molar-refractivity contribution is 5.57. The molecule has 0 saturated heterocycles. The number of hydrogen-bond donors (Lipinski definition) is 1. The first-order valence-electron chi connectivity index (χ1n) is 6.45. The molecule has 0 aliphatic rings. The highest BCUT2D eigenvalue weighted by Crippen LogP contribution is 2.20. The third kappa shape index (κ3) is 3.51. The van der Waals surface area contributed by atoms with Gasteiger partial charge in [-0.05, 0) is 24.6 Å². The molecular weight excluding hydrogens is 238 g/mol. The van der Waals surface area contributed by atoms with Crippen molar-refractivity contribution in [2.45, 2.75) is 25.8 Å². The predicted molar refractivity (Wildman–Crippen MR) is 76.0 cm³/mol. The molecule has 4 nitrogen and oxygen atoms in total. The summed E-state index contributed by atoms with van der Waals surface area (Å²) >= 11 is 0. The molecule has 0 saturated carbocycles. The van der Waals surface area contributed by atoms with Gasteiger partial charge in [0.2, 0.25) is 0 Å². The number of ether oxygens (including phenoxy) is 1. The van der Waals surface area contributed by atoms with Crippen LogP contribution in [0.3, 0.4) is 0 Å². The molecule has 4 heteroatoms. The number of aromatic nitrogens is 2. The number of rotatable bonds is 5. The first-order chi connectivity index (χ1) is 9.22. The molecule has 0 aliphatic carbocycles. The fourth-order valence-corrected chi connectivity index (χ4v) is 1.82. The zero-order chi connectivity index (χ0) is 13.7. The van der Waals surface area contributed by atoms with Gasteiger partial charge in [0, 0.05) is 29.9 Å². The van der Waals surface area contributed by atoms with E-state index in [1.165, 1.54) is 0 Å². The number of nitrogens with two attached hydrogens (primary N) is 1. The lowest BCUT2D eigenvalue weighted by atomic mass is 10.1. The Balaban J connectivity index is 2.26. The van der Waals surface area contributed by atoms with E-state index in [0.717, 1.165) is 29.8 Å². The van der Waals surface area contributed by atoms with Crippen molar-refractivity contribution in [1.82, 2.24) is 9.97 Å². The summed E-state index contributed by atoms with van der Waals surface area (Å²) in [5, 5.41) is 0. The fraction of sp³-hybridized carbons (Fsp3) is 0.333. The Kier molecular flexibility index (Phi) is 4.47. The van der Waals surface area contributed by atoms with Gasteiger partial charge >= 0.3 is 0 Å². The molecule has 0 bridgehead atoms. The van der Waals surface area contributed by atoms with E-state index < -0.39 is 0 Å². The largest absolute Gasteiger partial charge is 0.497 e. The Labute approximate surface area is 113 Å². The van der Waals surface area contributed by atoms with E-state index in [-0.39, 0.29) is 6.04 Å². The Morgan fingerprint density at radius 2 is 2.16 bits per heavy atom. The second-order valence-corrected chi connectivity index (χ2v) is 4.48. The molecule has 0 amide bonds. The van der Waals surface area contributed by atoms with Crippen LogP contribution in [-0.2, 0) is 6.42 Å². The van der Waals surface area contributed by atoms with Gasteiger partial charge in [-0.2, -0.15) is 0 Å². The zero-order valence-electron chi connectivity index (χ0n) is 11.3. The van der Waals surface area contributed by atoms with Gasteiger partial charge in [0.15, 0.2) is 5.82 Å². The molecule has 1 unspecified atom stereocenters. The van der Waals surface area contributed by atoms with Crippen LogP contribution in [0.5, 0.6) is 5.75 Å². The first kappa shape index (κ1) is 13.5. The molecule has 1 aromatic heterocycles. The molecule has 1 aromatic carbocycles. The van der Waals surface area contributed by atoms with Crippen molar-refractivity contribution < 1.29 is 4.74 Å². The molecule has 0 radical (unpaired) electrons. The minimum absolute atomic E-state index is 0.146. The van der Waals surface area contributed by atoms with E-state index in [0.29, 0.717) is 5.82 Å². The van der Waals surface area contributed by atoms with E-state index >= 15 is 0 Å². The number of benzene rings is 1. The summed E-state index contributed by atoms with van der Waals surface area (Å²) in [4.78, 5) is 8.87. The summed E-state index contributed by atoms with van der Waals surface area (Å²) in [5.74, 6) is 1.51. The Morgan fingerprint density at radius 3 is 2.89 bits per heavy atom. The van der Waals surface area contributed by atoms with E-state index in [1.807, 2.05) is 30.3 Å². The van der Waals surface area contributed by atoms with Gasteiger partial charge in [-0.3, -0.25) is 0 Å². The molecule has 0 aliphatic heterocycles. The highest BCUT2D eigenvalue weighted by Gasteiger charge is 2.06. The molecule has 100 valence electrons. The maximum Gasteiger partial charge on any atom is 0.159 e. The Morgan fingerprint density at radius 1 is 1.32 bits per heavy atom. The van der Waals surface area contributed by atoms with Crippen molar-refractivity contribution in [3.05, 3.63) is 42.2 Å². The van der Waals surface area contributed by atoms with E-state index in [4.69, 9.17) is 10.5 Å². The summed E-state index contributed by atoms with van der Waals surface area (Å²) in [7, 11) is 1.65. The van der Waals surface area contributed by atoms with Gasteiger partial charge in [0.25, 0.3) is 0 Å². The van der Waals surface area contributed by atoms with Crippen LogP contribution in [0.15, 0.2) is 36.5 Å². The van der Waals surface area contributed by atoms with Gasteiger partial charge in [-0.25, -0.2) is 9.97 Å². The number of methoxy groups -OCH3 is 1. The summed E-state index contributed by atoms with van der Waals surface area (Å²) in [6, 6.07) is 9.80. The molecule has 2 N–H and O–H groups in total. The summed E-state index contributed by atoms with van der Waals surface area (Å²) < 4.78 is 5.21. The molecule has 19 heavy (non-hydrogen) atoms. The van der Waals surface area contributed by atoms with Crippen molar-refractivity contribution in [2.24, 2.45) is 5.73 Å². The molecule has 1 heterocycles. The van der Waals surface area contributed by atoms with Crippen LogP contribution in [-0.4, -0.2) is 23.1 Å². The maximum absolute atomic E-state index is 5.96. The van der Waals surface area contributed by atoms with Crippen LogP contribution >= 0.6 is 0 Å². The van der Waals surface area contributed by atoms with E-state index in [2.05, 4.69) is 16.9 Å². The standard InChI is InChI=1S/C15H19N3O/c1-3-12(16)10-13-7-8-17-15(18-13)11-5-4-6-14(9-11)19-2/h4-9,12H,3,10,16H2,1-2H3. The third-order valence-corrected chi connectivity index (χ3v) is 3.04. The van der Waals surface area contributed by atoms with Crippen molar-refractivity contribution in [2.75, 3.05) is 7.11 Å². The van der Waals surface area contributed by atoms with Gasteiger partial charge in [0.05, 0.1) is 7.11 Å². The van der Waals surface area contributed by atoms with Crippen LogP contribution in [0.25, 0.3) is 11.4 Å². The summed E-state index contributed by atoms with van der Waals surface area (Å²) in [6.45, 7) is 2.08. The summed E-state index contributed by atoms with van der Waals surface area (Å²) in [6.07, 6.45) is 3.49. The fourth-order valence-electron chi connectivity index (χ4n) is 1.82. The lowest BCUT2D eigenvalue weighted by Crippen LogP contribution is -2.22. The SMILES string of the molecule is CCC(N)Cc1ccnc(-c2cccc(OC)c2)n1. The summed E-state index contributed by atoms with van der Waals surface area (Å²) in [5.41, 5.74) is 7.88. The monoisotopic (exact) mass is 257 g/mol. The van der Waals surface area contributed by atoms with Gasteiger partial charge in [0.1, 0.15) is 5.75 Å². The Bertz CT molecular complexity index is 542. The molecule has 0 fully saturated rings. The van der Waals surface area contributed by atoms with Crippen molar-refractivity contribution >= 4 is 0 Å². The smallest absolute Gasteiger partial charge is 0.159 e. The normalized spacial score (nSPS) is 12.2. The van der Waals surface area contributed by atoms with E-state index in [9.17, 15) is 0 Å². The maximum atomic E-state index is 5.96. The van der Waals surface area contributed by atoms with Gasteiger partial charge in [-0.1, -0.05) is 19.1 Å². The average Bonchev–Trinajstić information content (AvgIpc) is 2.47. The quantitative estimate of drug-likeness (QED) is 0.893. The van der Waals surface area contributed by atoms with Crippen molar-refractivity contribution in [3.63, 3.8) is 0 Å². The van der Waals surface area contributed by atoms with Crippen LogP contribution in [0.1, 0.15) is 19.0 Å². The second-order valence-electron chi connectivity index (χ2n) is 4.48. The molecule has 0 spiro atoms. The van der Waals surface area contributed by atoms with Crippen LogP contribution in [0, 0.1) is 0 Å². The molecule has 2 rings (SSSR count). The van der Waals surface area contributed by atoms with Crippen LogP contribution < -0.4 is 10.5 Å². The molecule has 2 aromatic rings. The number of nitrogens with zero attached hydrogens (tertiary/aromatic N) is 2. The molecule has 1 atom stereocenters. The predicted octanol–water partition coefficient (Wildman–Crippen LogP) is 2.43. The minimum Gasteiger partial charge on any atom is -0.497 e. The lowest BCUT2D eigenvalue weighted by molar-refractivity contribution is 0.415. The van der Waals surface area contributed by atoms with Crippen LogP contribution in [0.2, 0.25) is 0 Å². The first-order valence-corrected chi connectivity index (χ1v) is 6.45. The second kappa shape index (κ2) is 6.29. The Hall–Kier alpha value is -1.94. The van der Waals surface area contributed by atoms with Gasteiger partial charge in [-0.15, -0.1) is 0 Å². The lowest BCUT2D eigenvalue weighted by Gasteiger charge is -2.09. The van der Waals surface area contributed by atoms with Crippen molar-refractivity contribution in [1.29, 1.82) is 0 Å².